The second-order valence-electron chi connectivity index (χ2n) is 2.61. The van der Waals surface area contributed by atoms with Gasteiger partial charge in [0.15, 0.2) is 0 Å². The molecule has 0 amide bonds. The van der Waals surface area contributed by atoms with Crippen LogP contribution in [-0.4, -0.2) is 24.2 Å². The number of carboxylic acids is 1. The molecule has 1 N–H and O–H groups in total. The third kappa shape index (κ3) is 2.40. The van der Waals surface area contributed by atoms with Crippen molar-refractivity contribution in [2.24, 2.45) is 0 Å². The third-order valence-electron chi connectivity index (χ3n) is 1.67. The normalized spacial score (nSPS) is 9.80. The summed E-state index contributed by atoms with van der Waals surface area (Å²) in [4.78, 5) is 21.9. The van der Waals surface area contributed by atoms with Crippen molar-refractivity contribution in [1.82, 2.24) is 0 Å². The summed E-state index contributed by atoms with van der Waals surface area (Å²) >= 11 is 11.3. The molecule has 0 unspecified atom stereocenters. The standard InChI is InChI=1S/C9H6Cl2O4/c1-15-9(14)6-3-4(10)2-5(7(6)11)8(12)13/h2-3H,1H3,(H,12,13). The molecule has 1 aromatic rings. The smallest absolute Gasteiger partial charge is 0.339 e. The van der Waals surface area contributed by atoms with Crippen molar-refractivity contribution in [1.29, 1.82) is 0 Å². The number of carbonyl (C=O) groups excluding carboxylic acids is 1. The van der Waals surface area contributed by atoms with E-state index in [0.717, 1.165) is 0 Å². The van der Waals surface area contributed by atoms with Crippen molar-refractivity contribution < 1.29 is 19.4 Å². The van der Waals surface area contributed by atoms with Gasteiger partial charge in [-0.25, -0.2) is 9.59 Å². The number of methoxy groups -OCH3 is 1. The molecule has 1 aromatic carbocycles. The monoisotopic (exact) mass is 248 g/mol. The number of rotatable bonds is 2. The lowest BCUT2D eigenvalue weighted by molar-refractivity contribution is 0.0601. The molecule has 4 nitrogen and oxygen atoms in total. The van der Waals surface area contributed by atoms with E-state index in [1.165, 1.54) is 19.2 Å². The Kier molecular flexibility index (Phi) is 3.55. The van der Waals surface area contributed by atoms with Gasteiger partial charge in [0.25, 0.3) is 0 Å². The summed E-state index contributed by atoms with van der Waals surface area (Å²) in [5.74, 6) is -1.99. The minimum Gasteiger partial charge on any atom is -0.478 e. The van der Waals surface area contributed by atoms with Crippen molar-refractivity contribution in [2.75, 3.05) is 7.11 Å². The lowest BCUT2D eigenvalue weighted by Crippen LogP contribution is -2.06. The molecule has 0 bridgehead atoms. The molecule has 0 heterocycles. The molecular formula is C9H6Cl2O4. The van der Waals surface area contributed by atoms with Gasteiger partial charge in [0.05, 0.1) is 23.3 Å². The molecule has 80 valence electrons. The molecule has 6 heteroatoms. The van der Waals surface area contributed by atoms with E-state index in [0.29, 0.717) is 0 Å². The summed E-state index contributed by atoms with van der Waals surface area (Å²) in [5, 5.41) is 8.70. The van der Waals surface area contributed by atoms with Gasteiger partial charge in [-0.05, 0) is 12.1 Å². The second-order valence-corrected chi connectivity index (χ2v) is 3.43. The van der Waals surface area contributed by atoms with Gasteiger partial charge in [0.2, 0.25) is 0 Å². The summed E-state index contributed by atoms with van der Waals surface area (Å²) in [6.45, 7) is 0. The largest absolute Gasteiger partial charge is 0.478 e. The molecule has 0 aromatic heterocycles. The zero-order valence-electron chi connectivity index (χ0n) is 7.58. The minimum atomic E-state index is -1.26. The predicted molar refractivity (Wildman–Crippen MR) is 54.8 cm³/mol. The molecule has 0 aliphatic rings. The Morgan fingerprint density at radius 1 is 1.27 bits per heavy atom. The Hall–Kier alpha value is -1.26. The van der Waals surface area contributed by atoms with Crippen LogP contribution in [0.4, 0.5) is 0 Å². The number of aromatic carboxylic acids is 1. The van der Waals surface area contributed by atoms with E-state index in [2.05, 4.69) is 4.74 Å². The van der Waals surface area contributed by atoms with E-state index in [4.69, 9.17) is 28.3 Å². The van der Waals surface area contributed by atoms with Gasteiger partial charge >= 0.3 is 11.9 Å². The molecule has 0 saturated carbocycles. The molecule has 1 rings (SSSR count). The van der Waals surface area contributed by atoms with Crippen LogP contribution in [0.5, 0.6) is 0 Å². The molecule has 0 radical (unpaired) electrons. The topological polar surface area (TPSA) is 63.6 Å². The van der Waals surface area contributed by atoms with E-state index in [1.54, 1.807) is 0 Å². The highest BCUT2D eigenvalue weighted by Gasteiger charge is 2.19. The summed E-state index contributed by atoms with van der Waals surface area (Å²) in [6, 6.07) is 2.42. The molecule has 0 aliphatic carbocycles. The van der Waals surface area contributed by atoms with E-state index in [-0.39, 0.29) is 21.2 Å². The van der Waals surface area contributed by atoms with Crippen LogP contribution in [0.15, 0.2) is 12.1 Å². The molecular weight excluding hydrogens is 243 g/mol. The number of carboxylic acid groups (broad SMARTS) is 1. The maximum absolute atomic E-state index is 11.2. The molecule has 0 saturated heterocycles. The van der Waals surface area contributed by atoms with E-state index in [9.17, 15) is 9.59 Å². The van der Waals surface area contributed by atoms with Crippen molar-refractivity contribution in [2.45, 2.75) is 0 Å². The number of ether oxygens (including phenoxy) is 1. The third-order valence-corrected chi connectivity index (χ3v) is 2.30. The van der Waals surface area contributed by atoms with Gasteiger partial charge in [-0.15, -0.1) is 0 Å². The maximum atomic E-state index is 11.2. The van der Waals surface area contributed by atoms with E-state index < -0.39 is 11.9 Å². The van der Waals surface area contributed by atoms with Crippen LogP contribution < -0.4 is 0 Å². The highest BCUT2D eigenvalue weighted by atomic mass is 35.5. The summed E-state index contributed by atoms with van der Waals surface area (Å²) in [7, 11) is 1.17. The summed E-state index contributed by atoms with van der Waals surface area (Å²) < 4.78 is 4.43. The van der Waals surface area contributed by atoms with Crippen LogP contribution in [0, 0.1) is 0 Å². The predicted octanol–water partition coefficient (Wildman–Crippen LogP) is 2.48. The highest BCUT2D eigenvalue weighted by Crippen LogP contribution is 2.26. The van der Waals surface area contributed by atoms with E-state index >= 15 is 0 Å². The highest BCUT2D eigenvalue weighted by molar-refractivity contribution is 6.38. The lowest BCUT2D eigenvalue weighted by Gasteiger charge is -2.05. The Balaban J connectivity index is 3.41. The Labute approximate surface area is 95.4 Å². The van der Waals surface area contributed by atoms with Gasteiger partial charge in [-0.3, -0.25) is 0 Å². The lowest BCUT2D eigenvalue weighted by atomic mass is 10.1. The maximum Gasteiger partial charge on any atom is 0.339 e. The average Bonchev–Trinajstić information content (AvgIpc) is 2.19. The zero-order chi connectivity index (χ0) is 11.6. The van der Waals surface area contributed by atoms with E-state index in [1.807, 2.05) is 0 Å². The first-order valence-electron chi connectivity index (χ1n) is 3.78. The summed E-state index contributed by atoms with van der Waals surface area (Å²) in [6.07, 6.45) is 0. The Morgan fingerprint density at radius 2 is 1.80 bits per heavy atom. The second kappa shape index (κ2) is 4.51. The number of benzene rings is 1. The van der Waals surface area contributed by atoms with Gasteiger partial charge in [0.1, 0.15) is 0 Å². The SMILES string of the molecule is COC(=O)c1cc(Cl)cc(C(=O)O)c1Cl. The fraction of sp³-hybridized carbons (Fsp3) is 0.111. The van der Waals surface area contributed by atoms with Gasteiger partial charge in [-0.2, -0.15) is 0 Å². The fourth-order valence-electron chi connectivity index (χ4n) is 1.00. The zero-order valence-corrected chi connectivity index (χ0v) is 9.09. The Bertz CT molecular complexity index is 428. The van der Waals surface area contributed by atoms with Gasteiger partial charge < -0.3 is 9.84 Å². The quantitative estimate of drug-likeness (QED) is 0.817. The van der Waals surface area contributed by atoms with Gasteiger partial charge in [-0.1, -0.05) is 23.2 Å². The van der Waals surface area contributed by atoms with Crippen LogP contribution >= 0.6 is 23.2 Å². The molecule has 0 spiro atoms. The number of hydrogen-bond donors (Lipinski definition) is 1. The van der Waals surface area contributed by atoms with Crippen molar-refractivity contribution in [3.63, 3.8) is 0 Å². The molecule has 15 heavy (non-hydrogen) atoms. The van der Waals surface area contributed by atoms with Crippen LogP contribution in [0.25, 0.3) is 0 Å². The first-order valence-corrected chi connectivity index (χ1v) is 4.53. The number of hydrogen-bond acceptors (Lipinski definition) is 3. The molecule has 0 fully saturated rings. The minimum absolute atomic E-state index is 0.0657. The first-order chi connectivity index (χ1) is 6.97. The number of carbonyl (C=O) groups is 2. The van der Waals surface area contributed by atoms with Crippen LogP contribution in [0.2, 0.25) is 10.0 Å². The molecule has 0 aliphatic heterocycles. The fourth-order valence-corrected chi connectivity index (χ4v) is 1.49. The molecule has 0 atom stereocenters. The average molecular weight is 249 g/mol. The van der Waals surface area contributed by atoms with Crippen LogP contribution in [-0.2, 0) is 4.74 Å². The van der Waals surface area contributed by atoms with Crippen LogP contribution in [0.3, 0.4) is 0 Å². The number of esters is 1. The van der Waals surface area contributed by atoms with Crippen molar-refractivity contribution in [3.8, 4) is 0 Å². The van der Waals surface area contributed by atoms with Crippen molar-refractivity contribution >= 4 is 35.1 Å². The summed E-state index contributed by atoms with van der Waals surface area (Å²) in [5.41, 5.74) is -0.298. The van der Waals surface area contributed by atoms with Crippen LogP contribution in [0.1, 0.15) is 20.7 Å². The number of halogens is 2. The first kappa shape index (κ1) is 11.8. The van der Waals surface area contributed by atoms with Gasteiger partial charge in [0, 0.05) is 5.02 Å². The Morgan fingerprint density at radius 3 is 2.27 bits per heavy atom. The van der Waals surface area contributed by atoms with Crippen molar-refractivity contribution in [3.05, 3.63) is 33.3 Å².